The predicted molar refractivity (Wildman–Crippen MR) is 88.9 cm³/mol. The molecule has 2 unspecified atom stereocenters. The minimum atomic E-state index is -0.437. The van der Waals surface area contributed by atoms with E-state index in [0.29, 0.717) is 19.8 Å². The molecule has 0 aliphatic carbocycles. The molecule has 0 amide bonds. The minimum Gasteiger partial charge on any atom is -0.389 e. The summed E-state index contributed by atoms with van der Waals surface area (Å²) in [5, 5.41) is 10.0. The largest absolute Gasteiger partial charge is 0.389 e. The number of likely N-dealkylation sites (N-methyl/N-ethyl adjacent to an activating group) is 1. The van der Waals surface area contributed by atoms with Crippen LogP contribution < -0.4 is 0 Å². The van der Waals surface area contributed by atoms with Crippen molar-refractivity contribution in [3.63, 3.8) is 0 Å². The first-order chi connectivity index (χ1) is 11.2. The van der Waals surface area contributed by atoms with Gasteiger partial charge in [0.25, 0.3) is 0 Å². The lowest BCUT2D eigenvalue weighted by atomic mass is 10.1. The average Bonchev–Trinajstić information content (AvgIpc) is 2.99. The van der Waals surface area contributed by atoms with Crippen LogP contribution in [0, 0.1) is 6.92 Å². The van der Waals surface area contributed by atoms with E-state index in [-0.39, 0.29) is 6.04 Å². The van der Waals surface area contributed by atoms with Crippen molar-refractivity contribution in [2.75, 3.05) is 19.8 Å². The van der Waals surface area contributed by atoms with E-state index in [9.17, 15) is 5.11 Å². The Kier molecular flexibility index (Phi) is 5.00. The van der Waals surface area contributed by atoms with E-state index in [1.807, 2.05) is 31.2 Å². The van der Waals surface area contributed by atoms with Gasteiger partial charge in [0.05, 0.1) is 37.6 Å². The summed E-state index contributed by atoms with van der Waals surface area (Å²) in [4.78, 5) is 11.5. The number of hydrogen-bond acceptors (Lipinski definition) is 5. The molecule has 0 radical (unpaired) electrons. The van der Waals surface area contributed by atoms with Crippen LogP contribution in [0.25, 0.3) is 11.3 Å². The number of rotatable bonds is 5. The maximum atomic E-state index is 10.0. The van der Waals surface area contributed by atoms with Crippen LogP contribution in [0.5, 0.6) is 0 Å². The lowest BCUT2D eigenvalue weighted by molar-refractivity contribution is 0.0793. The predicted octanol–water partition coefficient (Wildman–Crippen LogP) is 2.03. The van der Waals surface area contributed by atoms with Gasteiger partial charge in [-0.2, -0.15) is 0 Å². The highest BCUT2D eigenvalue weighted by atomic mass is 16.5. The molecule has 2 heterocycles. The van der Waals surface area contributed by atoms with Gasteiger partial charge < -0.3 is 9.84 Å². The van der Waals surface area contributed by atoms with Crippen LogP contribution in [-0.4, -0.2) is 51.9 Å². The summed E-state index contributed by atoms with van der Waals surface area (Å²) >= 11 is 0. The van der Waals surface area contributed by atoms with E-state index in [1.54, 1.807) is 0 Å². The number of aryl methyl sites for hydroxylation is 1. The first-order valence-corrected chi connectivity index (χ1v) is 8.07. The molecule has 0 saturated carbocycles. The molecule has 5 heteroatoms. The zero-order chi connectivity index (χ0) is 16.2. The van der Waals surface area contributed by atoms with Crippen molar-refractivity contribution in [1.82, 2.24) is 14.9 Å². The molecular weight excluding hydrogens is 290 g/mol. The van der Waals surface area contributed by atoms with Crippen LogP contribution in [0.15, 0.2) is 36.4 Å². The number of hydrogen-bond donors (Lipinski definition) is 1. The van der Waals surface area contributed by atoms with Gasteiger partial charge in [0.1, 0.15) is 5.82 Å². The second kappa shape index (κ2) is 7.17. The Balaban J connectivity index is 1.83. The summed E-state index contributed by atoms with van der Waals surface area (Å²) in [6.45, 7) is 6.48. The van der Waals surface area contributed by atoms with E-state index < -0.39 is 6.10 Å². The second-order valence-corrected chi connectivity index (χ2v) is 5.91. The number of aromatic nitrogens is 2. The van der Waals surface area contributed by atoms with E-state index in [4.69, 9.17) is 9.72 Å². The molecule has 1 aromatic carbocycles. The Labute approximate surface area is 137 Å². The third-order valence-electron chi connectivity index (χ3n) is 4.21. The van der Waals surface area contributed by atoms with Gasteiger partial charge in [-0.05, 0) is 19.5 Å². The van der Waals surface area contributed by atoms with E-state index in [1.165, 1.54) is 0 Å². The van der Waals surface area contributed by atoms with Crippen LogP contribution in [0.2, 0.25) is 0 Å². The summed E-state index contributed by atoms with van der Waals surface area (Å²) < 4.78 is 5.37. The fraction of sp³-hybridized carbons (Fsp3) is 0.444. The quantitative estimate of drug-likeness (QED) is 0.915. The van der Waals surface area contributed by atoms with E-state index in [0.717, 1.165) is 29.3 Å². The maximum Gasteiger partial charge on any atom is 0.143 e. The molecule has 1 N–H and O–H groups in total. The van der Waals surface area contributed by atoms with Crippen LogP contribution in [0.3, 0.4) is 0 Å². The van der Waals surface area contributed by atoms with Crippen molar-refractivity contribution in [3.8, 4) is 11.3 Å². The fourth-order valence-corrected chi connectivity index (χ4v) is 2.98. The molecule has 3 rings (SSSR count). The Morgan fingerprint density at radius 2 is 2.00 bits per heavy atom. The van der Waals surface area contributed by atoms with Crippen molar-refractivity contribution in [2.24, 2.45) is 0 Å². The molecule has 2 aromatic rings. The monoisotopic (exact) mass is 313 g/mol. The summed E-state index contributed by atoms with van der Waals surface area (Å²) in [5.41, 5.74) is 2.98. The normalized spacial score (nSPS) is 21.0. The molecule has 23 heavy (non-hydrogen) atoms. The van der Waals surface area contributed by atoms with Gasteiger partial charge in [0, 0.05) is 11.3 Å². The standard InChI is InChI=1S/C18H23N3O2/c1-3-21(16-11-23-12-17(16)22)10-18-19-13(2)9-15(20-18)14-7-5-4-6-8-14/h4-9,16-17,22H,3,10-12H2,1-2H3. The van der Waals surface area contributed by atoms with Crippen LogP contribution in [0.1, 0.15) is 18.4 Å². The number of aliphatic hydroxyl groups is 1. The van der Waals surface area contributed by atoms with Crippen molar-refractivity contribution in [3.05, 3.63) is 47.9 Å². The highest BCUT2D eigenvalue weighted by molar-refractivity contribution is 5.58. The summed E-state index contributed by atoms with van der Waals surface area (Å²) in [7, 11) is 0. The van der Waals surface area contributed by atoms with Crippen LogP contribution in [-0.2, 0) is 11.3 Å². The topological polar surface area (TPSA) is 58.5 Å². The Hall–Kier alpha value is -1.82. The maximum absolute atomic E-state index is 10.0. The molecule has 0 spiro atoms. The summed E-state index contributed by atoms with van der Waals surface area (Å²) in [6.07, 6.45) is -0.437. The lowest BCUT2D eigenvalue weighted by Gasteiger charge is -2.27. The molecule has 1 fully saturated rings. The number of ether oxygens (including phenoxy) is 1. The highest BCUT2D eigenvalue weighted by Gasteiger charge is 2.31. The van der Waals surface area contributed by atoms with Gasteiger partial charge in [-0.25, -0.2) is 9.97 Å². The van der Waals surface area contributed by atoms with Gasteiger partial charge in [-0.15, -0.1) is 0 Å². The molecule has 1 saturated heterocycles. The first-order valence-electron chi connectivity index (χ1n) is 8.07. The molecule has 1 aliphatic rings. The minimum absolute atomic E-state index is 0.0179. The van der Waals surface area contributed by atoms with Gasteiger partial charge in [-0.3, -0.25) is 4.90 Å². The van der Waals surface area contributed by atoms with Crippen LogP contribution >= 0.6 is 0 Å². The lowest BCUT2D eigenvalue weighted by Crippen LogP contribution is -2.42. The molecule has 122 valence electrons. The third-order valence-corrected chi connectivity index (χ3v) is 4.21. The molecule has 1 aromatic heterocycles. The number of aliphatic hydroxyl groups excluding tert-OH is 1. The van der Waals surface area contributed by atoms with Gasteiger partial charge >= 0.3 is 0 Å². The first kappa shape index (κ1) is 16.1. The van der Waals surface area contributed by atoms with Crippen molar-refractivity contribution < 1.29 is 9.84 Å². The Morgan fingerprint density at radius 3 is 2.65 bits per heavy atom. The second-order valence-electron chi connectivity index (χ2n) is 5.91. The molecular formula is C18H23N3O2. The average molecular weight is 313 g/mol. The van der Waals surface area contributed by atoms with Crippen LogP contribution in [0.4, 0.5) is 0 Å². The van der Waals surface area contributed by atoms with E-state index >= 15 is 0 Å². The molecule has 0 bridgehead atoms. The Morgan fingerprint density at radius 1 is 1.22 bits per heavy atom. The zero-order valence-corrected chi connectivity index (χ0v) is 13.6. The Bertz CT molecular complexity index is 648. The smallest absolute Gasteiger partial charge is 0.143 e. The van der Waals surface area contributed by atoms with E-state index in [2.05, 4.69) is 28.9 Å². The molecule has 5 nitrogen and oxygen atoms in total. The van der Waals surface area contributed by atoms with Crippen molar-refractivity contribution in [1.29, 1.82) is 0 Å². The molecule has 2 atom stereocenters. The summed E-state index contributed by atoms with van der Waals surface area (Å²) in [5.74, 6) is 0.782. The molecule has 1 aliphatic heterocycles. The fourth-order valence-electron chi connectivity index (χ4n) is 2.98. The van der Waals surface area contributed by atoms with Gasteiger partial charge in [0.2, 0.25) is 0 Å². The number of benzene rings is 1. The number of nitrogens with zero attached hydrogens (tertiary/aromatic N) is 3. The van der Waals surface area contributed by atoms with Crippen molar-refractivity contribution >= 4 is 0 Å². The SMILES string of the molecule is CCN(Cc1nc(C)cc(-c2ccccc2)n1)C1COCC1O. The van der Waals surface area contributed by atoms with Crippen molar-refractivity contribution in [2.45, 2.75) is 32.5 Å². The zero-order valence-electron chi connectivity index (χ0n) is 13.6. The van der Waals surface area contributed by atoms with Gasteiger partial charge in [0.15, 0.2) is 0 Å². The van der Waals surface area contributed by atoms with Gasteiger partial charge in [-0.1, -0.05) is 37.3 Å². The third kappa shape index (κ3) is 3.75. The summed E-state index contributed by atoms with van der Waals surface area (Å²) in [6, 6.07) is 12.1. The highest BCUT2D eigenvalue weighted by Crippen LogP contribution is 2.19.